The van der Waals surface area contributed by atoms with Gasteiger partial charge in [-0.05, 0) is 24.3 Å². The Kier molecular flexibility index (Phi) is 10.8. The Hall–Kier alpha value is -2.67. The number of rotatable bonds is 4. The van der Waals surface area contributed by atoms with Gasteiger partial charge < -0.3 is 4.90 Å². The van der Waals surface area contributed by atoms with Gasteiger partial charge in [-0.3, -0.25) is 9.59 Å². The molecule has 2 aromatic rings. The number of sulfonamides is 1. The summed E-state index contributed by atoms with van der Waals surface area (Å²) in [6.45, 7) is 8.00. The summed E-state index contributed by atoms with van der Waals surface area (Å²) in [6, 6.07) is 13.9. The topological polar surface area (TPSA) is 74.8 Å². The summed E-state index contributed by atoms with van der Waals surface area (Å²) in [7, 11) is 0.0875. The van der Waals surface area contributed by atoms with Crippen LogP contribution in [0.5, 0.6) is 0 Å². The Morgan fingerprint density at radius 1 is 0.714 bits per heavy atom. The maximum Gasteiger partial charge on any atom is 0.267 e. The Morgan fingerprint density at radius 2 is 1.18 bits per heavy atom. The van der Waals surface area contributed by atoms with Crippen LogP contribution in [0, 0.1) is 0 Å². The lowest BCUT2D eigenvalue weighted by atomic mass is 10.2. The molecule has 6 nitrogen and oxygen atoms in total. The van der Waals surface area contributed by atoms with Crippen molar-refractivity contribution in [3.8, 4) is 0 Å². The van der Waals surface area contributed by atoms with Crippen molar-refractivity contribution >= 4 is 21.8 Å². The van der Waals surface area contributed by atoms with Crippen LogP contribution in [0.15, 0.2) is 59.5 Å². The molecule has 2 amide bonds. The fourth-order valence-electron chi connectivity index (χ4n) is 2.13. The molecule has 0 aliphatic heterocycles. The van der Waals surface area contributed by atoms with Gasteiger partial charge in [-0.25, -0.2) is 12.7 Å². The molecule has 7 heteroatoms. The summed E-state index contributed by atoms with van der Waals surface area (Å²) in [5, 5.41) is 0. The number of hydrogen-bond acceptors (Lipinski definition) is 4. The monoisotopic (exact) mass is 406 g/mol. The predicted octanol–water partition coefficient (Wildman–Crippen LogP) is 3.90. The first-order chi connectivity index (χ1) is 13.3. The van der Waals surface area contributed by atoms with Crippen LogP contribution in [0.3, 0.4) is 0 Å². The Balaban J connectivity index is 0.00000171. The summed E-state index contributed by atoms with van der Waals surface area (Å²) in [4.78, 5) is 25.7. The van der Waals surface area contributed by atoms with Crippen molar-refractivity contribution in [2.24, 2.45) is 0 Å². The van der Waals surface area contributed by atoms with E-state index in [9.17, 15) is 18.0 Å². The number of carbonyl (C=O) groups excluding carboxylic acids is 2. The van der Waals surface area contributed by atoms with Crippen molar-refractivity contribution in [3.63, 3.8) is 0 Å². The van der Waals surface area contributed by atoms with E-state index in [0.29, 0.717) is 4.31 Å². The molecule has 0 unspecified atom stereocenters. The second-order valence-corrected chi connectivity index (χ2v) is 7.28. The van der Waals surface area contributed by atoms with Crippen LogP contribution in [0.25, 0.3) is 0 Å². The fourth-order valence-corrected chi connectivity index (χ4v) is 3.43. The molecule has 0 heterocycles. The molecule has 0 aliphatic rings. The lowest BCUT2D eigenvalue weighted by molar-refractivity contribution is 0.0820. The summed E-state index contributed by atoms with van der Waals surface area (Å²) in [5.41, 5.74) is 0.273. The number of nitrogens with zero attached hydrogens (tertiary/aromatic N) is 2. The molecule has 2 rings (SSSR count). The van der Waals surface area contributed by atoms with Crippen LogP contribution < -0.4 is 0 Å². The highest BCUT2D eigenvalue weighted by molar-refractivity contribution is 7.89. The molecule has 0 fully saturated rings. The molecule has 0 bridgehead atoms. The highest BCUT2D eigenvalue weighted by Crippen LogP contribution is 2.21. The fraction of sp³-hybridized carbons (Fsp3) is 0.333. The van der Waals surface area contributed by atoms with Crippen LogP contribution >= 0.6 is 0 Å². The third kappa shape index (κ3) is 5.92. The lowest BCUT2D eigenvalue weighted by Crippen LogP contribution is -2.35. The molecule has 0 saturated heterocycles. The molecule has 0 saturated carbocycles. The number of benzene rings is 2. The average molecular weight is 407 g/mol. The SMILES string of the molecule is CC.CC.CN(C)C(=O)c1ccccc1S(=O)(=O)N(C)C(=O)c1ccccc1. The maximum absolute atomic E-state index is 12.8. The van der Waals surface area contributed by atoms with E-state index in [0.717, 1.165) is 0 Å². The van der Waals surface area contributed by atoms with E-state index < -0.39 is 21.8 Å². The first kappa shape index (κ1) is 25.3. The van der Waals surface area contributed by atoms with E-state index in [1.807, 2.05) is 27.7 Å². The first-order valence-electron chi connectivity index (χ1n) is 9.16. The zero-order chi connectivity index (χ0) is 21.9. The summed E-state index contributed by atoms with van der Waals surface area (Å²) in [6.07, 6.45) is 0. The second kappa shape index (κ2) is 11.9. The van der Waals surface area contributed by atoms with Crippen LogP contribution in [0.2, 0.25) is 0 Å². The van der Waals surface area contributed by atoms with Crippen molar-refractivity contribution in [2.45, 2.75) is 32.6 Å². The van der Waals surface area contributed by atoms with Gasteiger partial charge in [0.15, 0.2) is 0 Å². The van der Waals surface area contributed by atoms with E-state index in [1.165, 1.54) is 56.4 Å². The number of amides is 2. The highest BCUT2D eigenvalue weighted by atomic mass is 32.2. The number of carbonyl (C=O) groups is 2. The van der Waals surface area contributed by atoms with Gasteiger partial charge in [0.05, 0.1) is 5.56 Å². The molecular formula is C21H30N2O4S. The molecule has 0 aromatic heterocycles. The van der Waals surface area contributed by atoms with Gasteiger partial charge in [0.25, 0.3) is 21.8 Å². The zero-order valence-corrected chi connectivity index (χ0v) is 18.4. The molecule has 0 spiro atoms. The Labute approximate surface area is 168 Å². The quantitative estimate of drug-likeness (QED) is 0.772. The van der Waals surface area contributed by atoms with E-state index in [2.05, 4.69) is 0 Å². The molecule has 2 aromatic carbocycles. The summed E-state index contributed by atoms with van der Waals surface area (Å²) < 4.78 is 26.3. The first-order valence-corrected chi connectivity index (χ1v) is 10.6. The van der Waals surface area contributed by atoms with Gasteiger partial charge >= 0.3 is 0 Å². The maximum atomic E-state index is 12.8. The third-order valence-corrected chi connectivity index (χ3v) is 5.27. The van der Waals surface area contributed by atoms with Crippen LogP contribution in [-0.2, 0) is 10.0 Å². The molecule has 28 heavy (non-hydrogen) atoms. The van der Waals surface area contributed by atoms with E-state index in [4.69, 9.17) is 0 Å². The Bertz CT molecular complexity index is 863. The molecule has 154 valence electrons. The smallest absolute Gasteiger partial charge is 0.267 e. The van der Waals surface area contributed by atoms with Gasteiger partial charge in [-0.1, -0.05) is 58.0 Å². The van der Waals surface area contributed by atoms with Crippen molar-refractivity contribution in [1.29, 1.82) is 0 Å². The standard InChI is InChI=1S/C17H18N2O4S.2C2H6/c1-18(2)17(21)14-11-7-8-12-15(14)24(22,23)19(3)16(20)13-9-5-4-6-10-13;2*1-2/h4-12H,1-3H3;2*1-2H3. The normalized spacial score (nSPS) is 9.82. The minimum atomic E-state index is -4.16. The van der Waals surface area contributed by atoms with E-state index >= 15 is 0 Å². The lowest BCUT2D eigenvalue weighted by Gasteiger charge is -2.20. The largest absolute Gasteiger partial charge is 0.345 e. The average Bonchev–Trinajstić information content (AvgIpc) is 2.75. The van der Waals surface area contributed by atoms with Crippen molar-refractivity contribution < 1.29 is 18.0 Å². The van der Waals surface area contributed by atoms with Gasteiger partial charge in [0.2, 0.25) is 0 Å². The van der Waals surface area contributed by atoms with E-state index in [1.54, 1.807) is 24.3 Å². The van der Waals surface area contributed by atoms with Crippen molar-refractivity contribution in [3.05, 3.63) is 65.7 Å². The van der Waals surface area contributed by atoms with Crippen LogP contribution in [0.4, 0.5) is 0 Å². The summed E-state index contributed by atoms with van der Waals surface area (Å²) >= 11 is 0. The molecule has 0 aliphatic carbocycles. The van der Waals surface area contributed by atoms with Gasteiger partial charge in [-0.2, -0.15) is 0 Å². The Morgan fingerprint density at radius 3 is 1.68 bits per heavy atom. The van der Waals surface area contributed by atoms with Crippen LogP contribution in [0.1, 0.15) is 48.4 Å². The minimum Gasteiger partial charge on any atom is -0.345 e. The molecule has 0 radical (unpaired) electrons. The predicted molar refractivity (Wildman–Crippen MR) is 113 cm³/mol. The van der Waals surface area contributed by atoms with Gasteiger partial charge in [0.1, 0.15) is 4.90 Å². The zero-order valence-electron chi connectivity index (χ0n) is 17.6. The van der Waals surface area contributed by atoms with Gasteiger partial charge in [-0.15, -0.1) is 0 Å². The summed E-state index contributed by atoms with van der Waals surface area (Å²) in [5.74, 6) is -1.11. The van der Waals surface area contributed by atoms with Gasteiger partial charge in [0, 0.05) is 26.7 Å². The van der Waals surface area contributed by atoms with Crippen LogP contribution in [-0.4, -0.2) is 50.6 Å². The van der Waals surface area contributed by atoms with E-state index in [-0.39, 0.29) is 16.0 Å². The molecule has 0 N–H and O–H groups in total. The van der Waals surface area contributed by atoms with Crippen molar-refractivity contribution in [2.75, 3.05) is 21.1 Å². The minimum absolute atomic E-state index is 0.0233. The van der Waals surface area contributed by atoms with Crippen molar-refractivity contribution in [1.82, 2.24) is 9.21 Å². The third-order valence-electron chi connectivity index (χ3n) is 3.47. The molecule has 0 atom stereocenters. The highest BCUT2D eigenvalue weighted by Gasteiger charge is 2.30. The molecular weight excluding hydrogens is 376 g/mol. The number of hydrogen-bond donors (Lipinski definition) is 0. The second-order valence-electron chi connectivity index (χ2n) is 5.34.